The summed E-state index contributed by atoms with van der Waals surface area (Å²) in [4.78, 5) is 23.4. The second kappa shape index (κ2) is 7.42. The number of amides is 1. The van der Waals surface area contributed by atoms with Crippen LogP contribution in [0.3, 0.4) is 0 Å². The average Bonchev–Trinajstić information content (AvgIpc) is 3.09. The van der Waals surface area contributed by atoms with Crippen LogP contribution < -0.4 is 5.32 Å². The molecule has 1 atom stereocenters. The molecule has 116 valence electrons. The number of carbonyl (C=O) groups is 2. The second-order valence-electron chi connectivity index (χ2n) is 4.52. The highest BCUT2D eigenvalue weighted by Crippen LogP contribution is 2.16. The molecule has 0 radical (unpaired) electrons. The SMILES string of the molecule is COC(=O)c1ccc(C(=O)NC[C@@H](OC)c2ccco2)cc1. The van der Waals surface area contributed by atoms with E-state index in [1.54, 1.807) is 49.8 Å². The predicted octanol–water partition coefficient (Wildman–Crippen LogP) is 2.18. The third-order valence-corrected chi connectivity index (χ3v) is 3.16. The molecule has 0 aliphatic heterocycles. The number of hydrogen-bond donors (Lipinski definition) is 1. The molecule has 0 aliphatic rings. The lowest BCUT2D eigenvalue weighted by Crippen LogP contribution is -2.29. The molecule has 1 aromatic carbocycles. The number of nitrogens with one attached hydrogen (secondary N) is 1. The van der Waals surface area contributed by atoms with Gasteiger partial charge in [-0.3, -0.25) is 4.79 Å². The molecule has 0 fully saturated rings. The molecule has 2 aromatic rings. The fourth-order valence-electron chi connectivity index (χ4n) is 1.94. The Balaban J connectivity index is 1.95. The lowest BCUT2D eigenvalue weighted by molar-refractivity contribution is 0.0600. The molecule has 0 unspecified atom stereocenters. The van der Waals surface area contributed by atoms with Gasteiger partial charge >= 0.3 is 5.97 Å². The van der Waals surface area contributed by atoms with E-state index < -0.39 is 5.97 Å². The van der Waals surface area contributed by atoms with Crippen molar-refractivity contribution in [3.8, 4) is 0 Å². The molecule has 1 amide bonds. The highest BCUT2D eigenvalue weighted by molar-refractivity contribution is 5.96. The Kier molecular flexibility index (Phi) is 5.32. The van der Waals surface area contributed by atoms with Crippen LogP contribution in [0.5, 0.6) is 0 Å². The van der Waals surface area contributed by atoms with Gasteiger partial charge in [-0.15, -0.1) is 0 Å². The highest BCUT2D eigenvalue weighted by Gasteiger charge is 2.15. The van der Waals surface area contributed by atoms with Crippen LogP contribution in [0.4, 0.5) is 0 Å². The smallest absolute Gasteiger partial charge is 0.337 e. The number of hydrogen-bond acceptors (Lipinski definition) is 5. The lowest BCUT2D eigenvalue weighted by atomic mass is 10.1. The molecular weight excluding hydrogens is 286 g/mol. The van der Waals surface area contributed by atoms with Crippen LogP contribution >= 0.6 is 0 Å². The number of esters is 1. The summed E-state index contributed by atoms with van der Waals surface area (Å²) in [5.41, 5.74) is 0.839. The lowest BCUT2D eigenvalue weighted by Gasteiger charge is -2.13. The predicted molar refractivity (Wildman–Crippen MR) is 78.6 cm³/mol. The Labute approximate surface area is 128 Å². The maximum Gasteiger partial charge on any atom is 0.337 e. The van der Waals surface area contributed by atoms with Gasteiger partial charge in [-0.1, -0.05) is 0 Å². The molecular formula is C16H17NO5. The number of methoxy groups -OCH3 is 2. The van der Waals surface area contributed by atoms with Gasteiger partial charge in [0.2, 0.25) is 0 Å². The molecule has 22 heavy (non-hydrogen) atoms. The Bertz CT molecular complexity index is 618. The monoisotopic (exact) mass is 303 g/mol. The molecule has 0 saturated heterocycles. The van der Waals surface area contributed by atoms with E-state index in [0.717, 1.165) is 0 Å². The van der Waals surface area contributed by atoms with Crippen LogP contribution in [0.25, 0.3) is 0 Å². The van der Waals surface area contributed by atoms with E-state index in [0.29, 0.717) is 16.9 Å². The fraction of sp³-hybridized carbons (Fsp3) is 0.250. The van der Waals surface area contributed by atoms with Crippen molar-refractivity contribution in [2.24, 2.45) is 0 Å². The zero-order chi connectivity index (χ0) is 15.9. The van der Waals surface area contributed by atoms with E-state index in [-0.39, 0.29) is 18.6 Å². The van der Waals surface area contributed by atoms with E-state index in [1.807, 2.05) is 0 Å². The van der Waals surface area contributed by atoms with Crippen molar-refractivity contribution in [3.05, 3.63) is 59.5 Å². The fourth-order valence-corrected chi connectivity index (χ4v) is 1.94. The Hall–Kier alpha value is -2.60. The van der Waals surface area contributed by atoms with Crippen LogP contribution in [-0.4, -0.2) is 32.6 Å². The average molecular weight is 303 g/mol. The van der Waals surface area contributed by atoms with Gasteiger partial charge in [0.1, 0.15) is 11.9 Å². The summed E-state index contributed by atoms with van der Waals surface area (Å²) < 4.78 is 15.1. The summed E-state index contributed by atoms with van der Waals surface area (Å²) in [5, 5.41) is 2.76. The van der Waals surface area contributed by atoms with Crippen molar-refractivity contribution >= 4 is 11.9 Å². The van der Waals surface area contributed by atoms with Gasteiger partial charge in [0, 0.05) is 12.7 Å². The normalized spacial score (nSPS) is 11.7. The summed E-state index contributed by atoms with van der Waals surface area (Å²) in [7, 11) is 2.85. The molecule has 0 spiro atoms. The van der Waals surface area contributed by atoms with Crippen molar-refractivity contribution in [3.63, 3.8) is 0 Å². The first kappa shape index (κ1) is 15.8. The van der Waals surface area contributed by atoms with Crippen LogP contribution in [-0.2, 0) is 9.47 Å². The molecule has 1 heterocycles. The summed E-state index contributed by atoms with van der Waals surface area (Å²) in [5.74, 6) is -0.0573. The van der Waals surface area contributed by atoms with E-state index >= 15 is 0 Å². The second-order valence-corrected chi connectivity index (χ2v) is 4.52. The molecule has 0 saturated carbocycles. The van der Waals surface area contributed by atoms with Crippen LogP contribution in [0.15, 0.2) is 47.1 Å². The maximum absolute atomic E-state index is 12.1. The number of furan rings is 1. The zero-order valence-corrected chi connectivity index (χ0v) is 12.4. The Morgan fingerprint density at radius 3 is 2.36 bits per heavy atom. The van der Waals surface area contributed by atoms with Crippen LogP contribution in [0.1, 0.15) is 32.6 Å². The topological polar surface area (TPSA) is 77.8 Å². The molecule has 6 heteroatoms. The molecule has 0 aliphatic carbocycles. The molecule has 1 N–H and O–H groups in total. The van der Waals surface area contributed by atoms with E-state index in [4.69, 9.17) is 9.15 Å². The van der Waals surface area contributed by atoms with Crippen molar-refractivity contribution < 1.29 is 23.5 Å². The summed E-state index contributed by atoms with van der Waals surface area (Å²) in [6, 6.07) is 9.76. The van der Waals surface area contributed by atoms with Gasteiger partial charge in [0.05, 0.1) is 25.5 Å². The molecule has 1 aromatic heterocycles. The molecule has 0 bridgehead atoms. The summed E-state index contributed by atoms with van der Waals surface area (Å²) in [6.07, 6.45) is 1.20. The first-order valence-corrected chi connectivity index (χ1v) is 6.68. The third-order valence-electron chi connectivity index (χ3n) is 3.16. The van der Waals surface area contributed by atoms with Crippen molar-refractivity contribution in [2.75, 3.05) is 20.8 Å². The largest absolute Gasteiger partial charge is 0.467 e. The van der Waals surface area contributed by atoms with E-state index in [9.17, 15) is 9.59 Å². The maximum atomic E-state index is 12.1. The minimum Gasteiger partial charge on any atom is -0.467 e. The van der Waals surface area contributed by atoms with Gasteiger partial charge in [-0.25, -0.2) is 4.79 Å². The van der Waals surface area contributed by atoms with Crippen molar-refractivity contribution in [1.29, 1.82) is 0 Å². The van der Waals surface area contributed by atoms with Gasteiger partial charge in [-0.2, -0.15) is 0 Å². The zero-order valence-electron chi connectivity index (χ0n) is 12.4. The Morgan fingerprint density at radius 2 is 1.82 bits per heavy atom. The van der Waals surface area contributed by atoms with E-state index in [1.165, 1.54) is 7.11 Å². The number of benzene rings is 1. The van der Waals surface area contributed by atoms with E-state index in [2.05, 4.69) is 10.1 Å². The number of carbonyl (C=O) groups excluding carboxylic acids is 2. The number of ether oxygens (including phenoxy) is 2. The first-order valence-electron chi connectivity index (χ1n) is 6.68. The quantitative estimate of drug-likeness (QED) is 0.828. The van der Waals surface area contributed by atoms with Crippen LogP contribution in [0.2, 0.25) is 0 Å². The third kappa shape index (κ3) is 3.73. The molecule has 6 nitrogen and oxygen atoms in total. The first-order chi connectivity index (χ1) is 10.7. The van der Waals surface area contributed by atoms with Gasteiger partial charge in [-0.05, 0) is 36.4 Å². The van der Waals surface area contributed by atoms with Gasteiger partial charge in [0.25, 0.3) is 5.91 Å². The van der Waals surface area contributed by atoms with Gasteiger partial charge < -0.3 is 19.2 Å². The van der Waals surface area contributed by atoms with Crippen LogP contribution in [0, 0.1) is 0 Å². The summed E-state index contributed by atoms with van der Waals surface area (Å²) >= 11 is 0. The highest BCUT2D eigenvalue weighted by atomic mass is 16.5. The molecule has 2 rings (SSSR count). The summed E-state index contributed by atoms with van der Waals surface area (Å²) in [6.45, 7) is 0.279. The van der Waals surface area contributed by atoms with Crippen molar-refractivity contribution in [1.82, 2.24) is 5.32 Å². The standard InChI is InChI=1S/C16H17NO5/c1-20-14(13-4-3-9-22-13)10-17-15(18)11-5-7-12(8-6-11)16(19)21-2/h3-9,14H,10H2,1-2H3,(H,17,18)/t14-/m1/s1. The van der Waals surface area contributed by atoms with Gasteiger partial charge in [0.15, 0.2) is 0 Å². The number of rotatable bonds is 6. The Morgan fingerprint density at radius 1 is 1.14 bits per heavy atom. The van der Waals surface area contributed by atoms with Crippen molar-refractivity contribution in [2.45, 2.75) is 6.10 Å². The minimum atomic E-state index is -0.441. The minimum absolute atomic E-state index is 0.259.